The van der Waals surface area contributed by atoms with Crippen LogP contribution in [-0.2, 0) is 36.6 Å². The topological polar surface area (TPSA) is 126 Å². The van der Waals surface area contributed by atoms with Crippen molar-refractivity contribution in [2.75, 3.05) is 13.2 Å². The Bertz CT molecular complexity index is 1690. The molecule has 1 aliphatic rings. The van der Waals surface area contributed by atoms with Crippen molar-refractivity contribution < 1.29 is 42.5 Å². The van der Waals surface area contributed by atoms with Crippen molar-refractivity contribution in [2.45, 2.75) is 83.5 Å². The van der Waals surface area contributed by atoms with Gasteiger partial charge in [0.15, 0.2) is 6.17 Å². The minimum absolute atomic E-state index is 0.0872. The lowest BCUT2D eigenvalue weighted by atomic mass is 9.98. The lowest BCUT2D eigenvalue weighted by Crippen LogP contribution is -2.51. The van der Waals surface area contributed by atoms with Gasteiger partial charge in [0.05, 0.1) is 24.2 Å². The lowest BCUT2D eigenvalue weighted by Gasteiger charge is -2.37. The number of alkyl halides is 1. The number of halogens is 1. The number of rotatable bonds is 15. The first-order valence-corrected chi connectivity index (χ1v) is 17.0. The number of hydrogen-bond acceptors (Lipinski definition) is 9. The average molecular weight is 687 g/mol. The third-order valence-electron chi connectivity index (χ3n) is 8.35. The second-order valence-corrected chi connectivity index (χ2v) is 12.4. The number of esters is 3. The molecule has 3 aromatic carbocycles. The van der Waals surface area contributed by atoms with E-state index in [1.807, 2.05) is 38.1 Å². The van der Waals surface area contributed by atoms with E-state index < -0.39 is 43.2 Å². The number of ether oxygens (including phenoxy) is 5. The molecular weight excluding hydrogens is 643 g/mol. The van der Waals surface area contributed by atoms with Crippen LogP contribution in [0.2, 0.25) is 0 Å². The standard InChI is InChI=1S/C39H43FN2O8/c1-4-46-33(43)17-11-12-26-18-20-27(21-19-26)22-30-36(25(2)3)41-42-37(30)50-34-23-31(49-39(45)29-15-9-6-10-16-29)35(40)32(48-34)24-47-38(44)28-13-7-5-8-14-28/h5-10,13-16,18-21,25,31-32,34-35H,4,11-12,17,22-24H2,1-3H3,(H,41,42)/t31-,32-,34+,35+/m1/s1. The van der Waals surface area contributed by atoms with Crippen molar-refractivity contribution in [3.8, 4) is 5.88 Å². The quantitative estimate of drug-likeness (QED) is 0.105. The first-order valence-electron chi connectivity index (χ1n) is 17.0. The van der Waals surface area contributed by atoms with E-state index in [1.54, 1.807) is 67.6 Å². The van der Waals surface area contributed by atoms with Gasteiger partial charge in [-0.3, -0.25) is 9.89 Å². The summed E-state index contributed by atoms with van der Waals surface area (Å²) in [5.41, 5.74) is 4.39. The van der Waals surface area contributed by atoms with Crippen LogP contribution in [0.3, 0.4) is 0 Å². The highest BCUT2D eigenvalue weighted by Gasteiger charge is 2.44. The van der Waals surface area contributed by atoms with Gasteiger partial charge in [-0.2, -0.15) is 0 Å². The van der Waals surface area contributed by atoms with E-state index in [0.29, 0.717) is 31.4 Å². The van der Waals surface area contributed by atoms with E-state index in [9.17, 15) is 14.4 Å². The van der Waals surface area contributed by atoms with Gasteiger partial charge in [0.1, 0.15) is 18.8 Å². The minimum atomic E-state index is -1.80. The molecule has 0 radical (unpaired) electrons. The highest BCUT2D eigenvalue weighted by molar-refractivity contribution is 5.89. The molecule has 2 heterocycles. The predicted molar refractivity (Wildman–Crippen MR) is 183 cm³/mol. The fraction of sp³-hybridized carbons (Fsp3) is 0.385. The van der Waals surface area contributed by atoms with E-state index >= 15 is 4.39 Å². The van der Waals surface area contributed by atoms with E-state index in [-0.39, 0.29) is 29.8 Å². The zero-order chi connectivity index (χ0) is 35.5. The van der Waals surface area contributed by atoms with Gasteiger partial charge in [-0.25, -0.2) is 14.0 Å². The zero-order valence-corrected chi connectivity index (χ0v) is 28.5. The Kier molecular flexibility index (Phi) is 12.7. The molecule has 0 aliphatic carbocycles. The summed E-state index contributed by atoms with van der Waals surface area (Å²) in [6.45, 7) is 5.82. The number of nitrogens with zero attached hydrogens (tertiary/aromatic N) is 1. The second kappa shape index (κ2) is 17.6. The fourth-order valence-electron chi connectivity index (χ4n) is 5.73. The number of carbonyl (C=O) groups is 3. The van der Waals surface area contributed by atoms with E-state index in [1.165, 1.54) is 0 Å². The molecule has 1 saturated heterocycles. The molecule has 4 aromatic rings. The molecule has 11 heteroatoms. The van der Waals surface area contributed by atoms with Crippen LogP contribution in [-0.4, -0.2) is 66.0 Å². The molecule has 0 unspecified atom stereocenters. The first-order chi connectivity index (χ1) is 24.2. The highest BCUT2D eigenvalue weighted by atomic mass is 19.1. The smallest absolute Gasteiger partial charge is 0.338 e. The van der Waals surface area contributed by atoms with Crippen LogP contribution < -0.4 is 4.74 Å². The normalized spacial score (nSPS) is 18.7. The predicted octanol–water partition coefficient (Wildman–Crippen LogP) is 6.92. The molecule has 0 saturated carbocycles. The van der Waals surface area contributed by atoms with Crippen LogP contribution in [0.4, 0.5) is 4.39 Å². The molecule has 5 rings (SSSR count). The van der Waals surface area contributed by atoms with Crippen molar-refractivity contribution in [1.82, 2.24) is 10.2 Å². The molecule has 1 fully saturated rings. The van der Waals surface area contributed by atoms with Crippen LogP contribution in [0, 0.1) is 0 Å². The summed E-state index contributed by atoms with van der Waals surface area (Å²) < 4.78 is 44.3. The van der Waals surface area contributed by atoms with Gasteiger partial charge in [0, 0.05) is 24.1 Å². The Labute approximate surface area is 291 Å². The fourth-order valence-corrected chi connectivity index (χ4v) is 5.73. The molecule has 0 amide bonds. The maximum Gasteiger partial charge on any atom is 0.338 e. The van der Waals surface area contributed by atoms with Crippen molar-refractivity contribution >= 4 is 17.9 Å². The SMILES string of the molecule is CCOC(=O)CCCc1ccc(Cc2c(O[C@H]3C[C@@H](OC(=O)c4ccccc4)[C@H](F)[C@@H](COC(=O)c4ccccc4)O3)n[nH]c2C(C)C)cc1. The summed E-state index contributed by atoms with van der Waals surface area (Å²) in [6, 6.07) is 24.8. The Hall–Kier alpha value is -5.03. The molecule has 0 bridgehead atoms. The van der Waals surface area contributed by atoms with Crippen LogP contribution in [0.5, 0.6) is 5.88 Å². The second-order valence-electron chi connectivity index (χ2n) is 12.4. The molecular formula is C39H43FN2O8. The number of benzene rings is 3. The third-order valence-corrected chi connectivity index (χ3v) is 8.35. The van der Waals surface area contributed by atoms with E-state index in [0.717, 1.165) is 28.8 Å². The first kappa shape index (κ1) is 36.3. The van der Waals surface area contributed by atoms with Crippen molar-refractivity contribution in [2.24, 2.45) is 0 Å². The number of hydrogen-bond donors (Lipinski definition) is 1. The monoisotopic (exact) mass is 686 g/mol. The zero-order valence-electron chi connectivity index (χ0n) is 28.5. The van der Waals surface area contributed by atoms with Gasteiger partial charge in [-0.15, -0.1) is 5.10 Å². The summed E-state index contributed by atoms with van der Waals surface area (Å²) >= 11 is 0. The number of carbonyl (C=O) groups excluding carboxylic acids is 3. The Morgan fingerprint density at radius 3 is 2.18 bits per heavy atom. The molecule has 264 valence electrons. The van der Waals surface area contributed by atoms with E-state index in [4.69, 9.17) is 23.7 Å². The molecule has 1 N–H and O–H groups in total. The summed E-state index contributed by atoms with van der Waals surface area (Å²) in [5, 5.41) is 7.53. The number of aryl methyl sites for hydroxylation is 1. The molecule has 0 spiro atoms. The van der Waals surface area contributed by atoms with Crippen molar-refractivity contribution in [3.05, 3.63) is 118 Å². The molecule has 4 atom stereocenters. The van der Waals surface area contributed by atoms with Crippen LogP contribution in [0.25, 0.3) is 0 Å². The summed E-state index contributed by atoms with van der Waals surface area (Å²) in [6.07, 6.45) is -3.20. The molecule has 50 heavy (non-hydrogen) atoms. The minimum Gasteiger partial charge on any atom is -0.466 e. The van der Waals surface area contributed by atoms with Crippen LogP contribution in [0.15, 0.2) is 84.9 Å². The number of aromatic nitrogens is 2. The van der Waals surface area contributed by atoms with Gasteiger partial charge in [-0.1, -0.05) is 74.5 Å². The van der Waals surface area contributed by atoms with Gasteiger partial charge in [-0.05, 0) is 61.1 Å². The Morgan fingerprint density at radius 1 is 0.900 bits per heavy atom. The highest BCUT2D eigenvalue weighted by Crippen LogP contribution is 2.33. The summed E-state index contributed by atoms with van der Waals surface area (Å²) in [5.74, 6) is -1.15. The van der Waals surface area contributed by atoms with Gasteiger partial charge in [0.25, 0.3) is 0 Å². The summed E-state index contributed by atoms with van der Waals surface area (Å²) in [4.78, 5) is 37.3. The molecule has 1 aliphatic heterocycles. The van der Waals surface area contributed by atoms with Gasteiger partial charge < -0.3 is 23.7 Å². The summed E-state index contributed by atoms with van der Waals surface area (Å²) in [7, 11) is 0. The van der Waals surface area contributed by atoms with Gasteiger partial charge in [0.2, 0.25) is 12.2 Å². The maximum atomic E-state index is 15.9. The van der Waals surface area contributed by atoms with Crippen molar-refractivity contribution in [3.63, 3.8) is 0 Å². The number of aromatic amines is 1. The molecule has 10 nitrogen and oxygen atoms in total. The number of nitrogens with one attached hydrogen (secondary N) is 1. The average Bonchev–Trinajstić information content (AvgIpc) is 3.52. The number of H-pyrrole nitrogens is 1. The Morgan fingerprint density at radius 2 is 1.54 bits per heavy atom. The third kappa shape index (κ3) is 9.78. The Balaban J connectivity index is 1.31. The lowest BCUT2D eigenvalue weighted by molar-refractivity contribution is -0.215. The van der Waals surface area contributed by atoms with E-state index in [2.05, 4.69) is 10.2 Å². The van der Waals surface area contributed by atoms with Crippen molar-refractivity contribution in [1.29, 1.82) is 0 Å². The molecule has 1 aromatic heterocycles. The van der Waals surface area contributed by atoms with Crippen LogP contribution >= 0.6 is 0 Å². The maximum absolute atomic E-state index is 15.9. The largest absolute Gasteiger partial charge is 0.466 e. The van der Waals surface area contributed by atoms with Gasteiger partial charge >= 0.3 is 17.9 Å². The van der Waals surface area contributed by atoms with Crippen LogP contribution in [0.1, 0.15) is 89.1 Å².